The van der Waals surface area contributed by atoms with Crippen LogP contribution in [0, 0.1) is 6.92 Å². The Labute approximate surface area is 200 Å². The van der Waals surface area contributed by atoms with Gasteiger partial charge in [0.2, 0.25) is 10.0 Å². The summed E-state index contributed by atoms with van der Waals surface area (Å²) >= 11 is 0. The summed E-state index contributed by atoms with van der Waals surface area (Å²) in [7, 11) is -0.863. The van der Waals surface area contributed by atoms with E-state index in [0.717, 1.165) is 25.7 Å². The first-order valence-electron chi connectivity index (χ1n) is 11.1. The molecular weight excluding hydrogens is 460 g/mol. The highest BCUT2D eigenvalue weighted by Gasteiger charge is 2.27. The van der Waals surface area contributed by atoms with E-state index in [9.17, 15) is 18.0 Å². The normalized spacial score (nSPS) is 14.7. The quantitative estimate of drug-likeness (QED) is 0.565. The van der Waals surface area contributed by atoms with Gasteiger partial charge in [-0.05, 0) is 49.6 Å². The summed E-state index contributed by atoms with van der Waals surface area (Å²) in [6.45, 7) is 2.13. The van der Waals surface area contributed by atoms with Gasteiger partial charge in [0.05, 0.1) is 19.1 Å². The lowest BCUT2D eigenvalue weighted by molar-refractivity contribution is -0.119. The smallest absolute Gasteiger partial charge is 0.346 e. The van der Waals surface area contributed by atoms with E-state index in [0.29, 0.717) is 24.3 Å². The Morgan fingerprint density at radius 2 is 1.59 bits per heavy atom. The molecule has 0 bridgehead atoms. The number of carbonyl (C=O) groups is 2. The Balaban J connectivity index is 1.70. The predicted octanol–water partition coefficient (Wildman–Crippen LogP) is 3.37. The van der Waals surface area contributed by atoms with Crippen LogP contribution in [0.3, 0.4) is 0 Å². The van der Waals surface area contributed by atoms with Gasteiger partial charge in [-0.2, -0.15) is 4.31 Å². The molecule has 2 aromatic carbocycles. The van der Waals surface area contributed by atoms with Crippen LogP contribution < -0.4 is 14.8 Å². The first-order chi connectivity index (χ1) is 16.3. The number of rotatable bonds is 8. The minimum absolute atomic E-state index is 0.0708. The number of carbonyl (C=O) groups excluding carboxylic acids is 2. The van der Waals surface area contributed by atoms with Crippen LogP contribution in [0.5, 0.6) is 11.5 Å². The van der Waals surface area contributed by atoms with Crippen molar-refractivity contribution in [3.63, 3.8) is 0 Å². The van der Waals surface area contributed by atoms with Crippen molar-refractivity contribution in [3.8, 4) is 11.5 Å². The number of benzene rings is 2. The molecule has 0 aromatic heterocycles. The zero-order valence-corrected chi connectivity index (χ0v) is 20.4. The summed E-state index contributed by atoms with van der Waals surface area (Å²) in [6, 6.07) is 9.52. The second-order valence-electron chi connectivity index (χ2n) is 7.96. The molecule has 3 rings (SSSR count). The van der Waals surface area contributed by atoms with Crippen molar-refractivity contribution in [2.75, 3.05) is 39.2 Å². The minimum Gasteiger partial charge on any atom is -0.496 e. The Morgan fingerprint density at radius 3 is 2.18 bits per heavy atom. The molecule has 0 saturated carbocycles. The average molecular weight is 491 g/mol. The van der Waals surface area contributed by atoms with Crippen LogP contribution in [0.4, 0.5) is 5.69 Å². The molecule has 9 nitrogen and oxygen atoms in total. The molecule has 0 atom stereocenters. The van der Waals surface area contributed by atoms with Gasteiger partial charge in [-0.3, -0.25) is 4.79 Å². The maximum Gasteiger partial charge on any atom is 0.346 e. The van der Waals surface area contributed by atoms with Crippen molar-refractivity contribution in [3.05, 3.63) is 47.5 Å². The van der Waals surface area contributed by atoms with Crippen molar-refractivity contribution in [1.29, 1.82) is 0 Å². The summed E-state index contributed by atoms with van der Waals surface area (Å²) in [5.41, 5.74) is 0.966. The van der Waals surface area contributed by atoms with Crippen molar-refractivity contribution in [2.45, 2.75) is 37.5 Å². The van der Waals surface area contributed by atoms with E-state index in [-0.39, 0.29) is 22.0 Å². The Hall–Kier alpha value is -3.11. The molecule has 1 amide bonds. The number of nitrogens with one attached hydrogen (secondary N) is 1. The third kappa shape index (κ3) is 5.87. The van der Waals surface area contributed by atoms with Gasteiger partial charge < -0.3 is 19.5 Å². The SMILES string of the molecule is COc1cccc(OC)c1C(=O)OCC(=O)Nc1ccc(C)c(S(=O)(=O)N2CCCCCC2)c1. The van der Waals surface area contributed by atoms with Gasteiger partial charge >= 0.3 is 5.97 Å². The summed E-state index contributed by atoms with van der Waals surface area (Å²) in [6.07, 6.45) is 3.69. The third-order valence-corrected chi connectivity index (χ3v) is 7.66. The fourth-order valence-corrected chi connectivity index (χ4v) is 5.60. The lowest BCUT2D eigenvalue weighted by atomic mass is 10.2. The van der Waals surface area contributed by atoms with E-state index in [2.05, 4.69) is 5.32 Å². The summed E-state index contributed by atoms with van der Waals surface area (Å²) in [5.74, 6) is -0.875. The number of ether oxygens (including phenoxy) is 3. The molecule has 0 unspecified atom stereocenters. The van der Waals surface area contributed by atoms with Crippen molar-refractivity contribution in [2.24, 2.45) is 0 Å². The average Bonchev–Trinajstić information content (AvgIpc) is 3.13. The number of hydrogen-bond donors (Lipinski definition) is 1. The molecular formula is C24H30N2O7S. The van der Waals surface area contributed by atoms with Gasteiger partial charge in [-0.1, -0.05) is 25.0 Å². The molecule has 34 heavy (non-hydrogen) atoms. The van der Waals surface area contributed by atoms with Gasteiger partial charge in [-0.25, -0.2) is 13.2 Å². The molecule has 1 heterocycles. The number of methoxy groups -OCH3 is 2. The fraction of sp³-hybridized carbons (Fsp3) is 0.417. The van der Waals surface area contributed by atoms with E-state index < -0.39 is 28.5 Å². The zero-order chi connectivity index (χ0) is 24.7. The van der Waals surface area contributed by atoms with E-state index >= 15 is 0 Å². The lowest BCUT2D eigenvalue weighted by Gasteiger charge is -2.21. The van der Waals surface area contributed by atoms with Gasteiger partial charge in [0, 0.05) is 18.8 Å². The molecule has 1 N–H and O–H groups in total. The molecule has 1 fully saturated rings. The highest BCUT2D eigenvalue weighted by molar-refractivity contribution is 7.89. The molecule has 10 heteroatoms. The first kappa shape index (κ1) is 25.5. The van der Waals surface area contributed by atoms with Gasteiger partial charge in [0.25, 0.3) is 5.91 Å². The molecule has 1 aliphatic heterocycles. The largest absolute Gasteiger partial charge is 0.496 e. The molecule has 1 saturated heterocycles. The van der Waals surface area contributed by atoms with Crippen LogP contribution >= 0.6 is 0 Å². The Bertz CT molecular complexity index is 1120. The standard InChI is InChI=1S/C24H30N2O7S/c1-17-11-12-18(15-21(17)34(29,30)26-13-6-4-5-7-14-26)25-22(27)16-33-24(28)23-19(31-2)9-8-10-20(23)32-3/h8-12,15H,4-7,13-14,16H2,1-3H3,(H,25,27). The van der Waals surface area contributed by atoms with Crippen LogP contribution in [0.15, 0.2) is 41.3 Å². The van der Waals surface area contributed by atoms with Crippen LogP contribution in [0.25, 0.3) is 0 Å². The van der Waals surface area contributed by atoms with Crippen molar-refractivity contribution in [1.82, 2.24) is 4.31 Å². The van der Waals surface area contributed by atoms with E-state index in [1.807, 2.05) is 0 Å². The monoisotopic (exact) mass is 490 g/mol. The second-order valence-corrected chi connectivity index (χ2v) is 9.87. The van der Waals surface area contributed by atoms with Crippen LogP contribution in [-0.2, 0) is 19.6 Å². The van der Waals surface area contributed by atoms with E-state index in [1.165, 1.54) is 24.6 Å². The topological polar surface area (TPSA) is 111 Å². The molecule has 0 spiro atoms. The van der Waals surface area contributed by atoms with Gasteiger partial charge in [-0.15, -0.1) is 0 Å². The van der Waals surface area contributed by atoms with E-state index in [4.69, 9.17) is 14.2 Å². The van der Waals surface area contributed by atoms with E-state index in [1.54, 1.807) is 37.3 Å². The zero-order valence-electron chi connectivity index (χ0n) is 19.6. The minimum atomic E-state index is -3.68. The molecule has 1 aliphatic rings. The first-order valence-corrected chi connectivity index (χ1v) is 12.5. The van der Waals surface area contributed by atoms with Crippen molar-refractivity contribution < 1.29 is 32.2 Å². The van der Waals surface area contributed by atoms with Crippen LogP contribution in [0.1, 0.15) is 41.6 Å². The van der Waals surface area contributed by atoms with Crippen LogP contribution in [0.2, 0.25) is 0 Å². The maximum atomic E-state index is 13.2. The fourth-order valence-electron chi connectivity index (χ4n) is 3.83. The van der Waals surface area contributed by atoms with Crippen molar-refractivity contribution >= 4 is 27.6 Å². The highest BCUT2D eigenvalue weighted by Crippen LogP contribution is 2.29. The Kier molecular flexibility index (Phi) is 8.51. The molecule has 0 aliphatic carbocycles. The number of aryl methyl sites for hydroxylation is 1. The lowest BCUT2D eigenvalue weighted by Crippen LogP contribution is -2.32. The van der Waals surface area contributed by atoms with Crippen LogP contribution in [-0.4, -0.2) is 58.5 Å². The number of anilines is 1. The highest BCUT2D eigenvalue weighted by atomic mass is 32.2. The number of amides is 1. The molecule has 0 radical (unpaired) electrons. The maximum absolute atomic E-state index is 13.2. The van der Waals surface area contributed by atoms with Gasteiger partial charge in [0.1, 0.15) is 17.1 Å². The summed E-state index contributed by atoms with van der Waals surface area (Å²) < 4.78 is 43.4. The predicted molar refractivity (Wildman–Crippen MR) is 127 cm³/mol. The summed E-state index contributed by atoms with van der Waals surface area (Å²) in [5, 5.41) is 2.60. The number of sulfonamides is 1. The number of esters is 1. The third-order valence-electron chi connectivity index (χ3n) is 5.62. The number of hydrogen-bond acceptors (Lipinski definition) is 7. The second kappa shape index (κ2) is 11.3. The summed E-state index contributed by atoms with van der Waals surface area (Å²) in [4.78, 5) is 25.1. The Morgan fingerprint density at radius 1 is 0.971 bits per heavy atom. The number of nitrogens with zero attached hydrogens (tertiary/aromatic N) is 1. The molecule has 2 aromatic rings. The molecule has 184 valence electrons. The van der Waals surface area contributed by atoms with Gasteiger partial charge in [0.15, 0.2) is 6.61 Å².